The minimum atomic E-state index is 0.977. The van der Waals surface area contributed by atoms with Crippen molar-refractivity contribution >= 4 is 0 Å². The first-order chi connectivity index (χ1) is 5.75. The molecule has 2 bridgehead atoms. The Labute approximate surface area is 75.1 Å². The Morgan fingerprint density at radius 3 is 2.75 bits per heavy atom. The summed E-state index contributed by atoms with van der Waals surface area (Å²) in [6, 6.07) is 1.98. The van der Waals surface area contributed by atoms with Crippen LogP contribution in [0.15, 0.2) is 0 Å². The van der Waals surface area contributed by atoms with Crippen molar-refractivity contribution in [2.24, 2.45) is 17.8 Å². The standard InChI is InChI=1S/C11H19N/c1-7-3-11-10-5-9(4-8(10)2)12(11)6-7/h7-11H,3-6H2,1-2H3. The van der Waals surface area contributed by atoms with Crippen molar-refractivity contribution < 1.29 is 0 Å². The van der Waals surface area contributed by atoms with Crippen molar-refractivity contribution in [1.29, 1.82) is 0 Å². The van der Waals surface area contributed by atoms with Crippen LogP contribution >= 0.6 is 0 Å². The summed E-state index contributed by atoms with van der Waals surface area (Å²) in [4.78, 5) is 2.81. The Balaban J connectivity index is 1.86. The number of piperidine rings is 1. The SMILES string of the molecule is CC1CC2C3CC(CC3C)N2C1. The van der Waals surface area contributed by atoms with Crippen molar-refractivity contribution in [2.45, 2.75) is 45.2 Å². The third-order valence-electron chi connectivity index (χ3n) is 4.47. The van der Waals surface area contributed by atoms with Gasteiger partial charge < -0.3 is 0 Å². The van der Waals surface area contributed by atoms with Crippen LogP contribution in [0.25, 0.3) is 0 Å². The first-order valence-corrected chi connectivity index (χ1v) is 5.51. The summed E-state index contributed by atoms with van der Waals surface area (Å²) in [6.07, 6.45) is 4.51. The van der Waals surface area contributed by atoms with Gasteiger partial charge in [-0.1, -0.05) is 13.8 Å². The Bertz CT molecular complexity index is 197. The molecule has 0 aromatic carbocycles. The molecule has 1 heteroatoms. The lowest BCUT2D eigenvalue weighted by Gasteiger charge is -2.32. The summed E-state index contributed by atoms with van der Waals surface area (Å²) >= 11 is 0. The Morgan fingerprint density at radius 1 is 1.08 bits per heavy atom. The van der Waals surface area contributed by atoms with E-state index in [4.69, 9.17) is 0 Å². The second-order valence-corrected chi connectivity index (χ2v) is 5.37. The third-order valence-corrected chi connectivity index (χ3v) is 4.47. The summed E-state index contributed by atoms with van der Waals surface area (Å²) < 4.78 is 0. The zero-order chi connectivity index (χ0) is 8.29. The molecule has 2 heterocycles. The minimum Gasteiger partial charge on any atom is -0.297 e. The molecule has 3 rings (SSSR count). The van der Waals surface area contributed by atoms with Gasteiger partial charge in [-0.15, -0.1) is 0 Å². The number of hydrogen-bond acceptors (Lipinski definition) is 1. The fourth-order valence-corrected chi connectivity index (χ4v) is 4.01. The van der Waals surface area contributed by atoms with Gasteiger partial charge in [0, 0.05) is 18.6 Å². The van der Waals surface area contributed by atoms with E-state index in [-0.39, 0.29) is 0 Å². The van der Waals surface area contributed by atoms with Crippen LogP contribution < -0.4 is 0 Å². The van der Waals surface area contributed by atoms with E-state index < -0.39 is 0 Å². The Morgan fingerprint density at radius 2 is 1.92 bits per heavy atom. The molecule has 1 aliphatic carbocycles. The molecule has 2 saturated heterocycles. The molecule has 1 nitrogen and oxygen atoms in total. The fraction of sp³-hybridized carbons (Fsp3) is 1.00. The minimum absolute atomic E-state index is 0.977. The average Bonchev–Trinajstić information content (AvgIpc) is 2.57. The van der Waals surface area contributed by atoms with E-state index in [1.165, 1.54) is 25.8 Å². The molecule has 0 radical (unpaired) electrons. The normalized spacial score (nSPS) is 58.0. The largest absolute Gasteiger partial charge is 0.297 e. The third kappa shape index (κ3) is 0.783. The predicted molar refractivity (Wildman–Crippen MR) is 50.0 cm³/mol. The molecule has 2 aliphatic heterocycles. The second-order valence-electron chi connectivity index (χ2n) is 5.37. The molecule has 0 aromatic heterocycles. The first-order valence-electron chi connectivity index (χ1n) is 5.51. The number of nitrogens with zero attached hydrogens (tertiary/aromatic N) is 1. The zero-order valence-corrected chi connectivity index (χ0v) is 8.16. The Hall–Kier alpha value is -0.0400. The molecule has 0 aromatic rings. The smallest absolute Gasteiger partial charge is 0.0133 e. The van der Waals surface area contributed by atoms with Crippen LogP contribution in [-0.4, -0.2) is 23.5 Å². The molecule has 68 valence electrons. The number of fused-ring (bicyclic) bond motifs is 5. The molecule has 1 saturated carbocycles. The van der Waals surface area contributed by atoms with Crippen LogP contribution in [0.4, 0.5) is 0 Å². The van der Waals surface area contributed by atoms with Gasteiger partial charge in [-0.25, -0.2) is 0 Å². The molecule has 0 spiro atoms. The maximum atomic E-state index is 2.81. The molecule has 5 unspecified atom stereocenters. The van der Waals surface area contributed by atoms with Gasteiger partial charge in [-0.3, -0.25) is 4.90 Å². The molecular formula is C11H19N. The van der Waals surface area contributed by atoms with Crippen molar-refractivity contribution in [3.8, 4) is 0 Å². The van der Waals surface area contributed by atoms with Gasteiger partial charge in [-0.2, -0.15) is 0 Å². The highest BCUT2D eigenvalue weighted by Gasteiger charge is 2.52. The van der Waals surface area contributed by atoms with Crippen molar-refractivity contribution in [3.63, 3.8) is 0 Å². The fourth-order valence-electron chi connectivity index (χ4n) is 4.01. The van der Waals surface area contributed by atoms with Crippen molar-refractivity contribution in [1.82, 2.24) is 4.90 Å². The van der Waals surface area contributed by atoms with E-state index in [1.807, 2.05) is 0 Å². The summed E-state index contributed by atoms with van der Waals surface area (Å²) in [5.41, 5.74) is 0. The maximum absolute atomic E-state index is 2.81. The highest BCUT2D eigenvalue weighted by atomic mass is 15.3. The van der Waals surface area contributed by atoms with Crippen molar-refractivity contribution in [3.05, 3.63) is 0 Å². The van der Waals surface area contributed by atoms with E-state index in [0.29, 0.717) is 0 Å². The van der Waals surface area contributed by atoms with Gasteiger partial charge >= 0.3 is 0 Å². The van der Waals surface area contributed by atoms with Crippen LogP contribution in [0.5, 0.6) is 0 Å². The van der Waals surface area contributed by atoms with Gasteiger partial charge in [0.2, 0.25) is 0 Å². The highest BCUT2D eigenvalue weighted by molar-refractivity contribution is 5.05. The predicted octanol–water partition coefficient (Wildman–Crippen LogP) is 2.13. The quantitative estimate of drug-likeness (QED) is 0.531. The molecule has 0 N–H and O–H groups in total. The highest BCUT2D eigenvalue weighted by Crippen LogP contribution is 2.50. The summed E-state index contributed by atoms with van der Waals surface area (Å²) in [5, 5.41) is 0. The topological polar surface area (TPSA) is 3.24 Å². The monoisotopic (exact) mass is 165 g/mol. The van der Waals surface area contributed by atoms with E-state index >= 15 is 0 Å². The summed E-state index contributed by atoms with van der Waals surface area (Å²) in [5.74, 6) is 3.08. The molecule has 12 heavy (non-hydrogen) atoms. The lowest BCUT2D eigenvalue weighted by Crippen LogP contribution is -2.38. The average molecular weight is 165 g/mol. The van der Waals surface area contributed by atoms with Crippen LogP contribution in [-0.2, 0) is 0 Å². The maximum Gasteiger partial charge on any atom is 0.0133 e. The van der Waals surface area contributed by atoms with Crippen LogP contribution in [0.1, 0.15) is 33.1 Å². The van der Waals surface area contributed by atoms with Gasteiger partial charge in [0.15, 0.2) is 0 Å². The Kier molecular flexibility index (Phi) is 1.39. The van der Waals surface area contributed by atoms with E-state index in [2.05, 4.69) is 18.7 Å². The van der Waals surface area contributed by atoms with Crippen LogP contribution in [0, 0.1) is 17.8 Å². The molecule has 0 amide bonds. The summed E-state index contributed by atoms with van der Waals surface area (Å²) in [7, 11) is 0. The number of hydrogen-bond donors (Lipinski definition) is 0. The molecule has 5 atom stereocenters. The van der Waals surface area contributed by atoms with E-state index in [9.17, 15) is 0 Å². The van der Waals surface area contributed by atoms with E-state index in [0.717, 1.165) is 29.8 Å². The van der Waals surface area contributed by atoms with Crippen molar-refractivity contribution in [2.75, 3.05) is 6.54 Å². The lowest BCUT2D eigenvalue weighted by atomic mass is 9.88. The van der Waals surface area contributed by atoms with Gasteiger partial charge in [0.25, 0.3) is 0 Å². The molecular weight excluding hydrogens is 146 g/mol. The number of rotatable bonds is 0. The molecule has 3 fully saturated rings. The van der Waals surface area contributed by atoms with E-state index in [1.54, 1.807) is 0 Å². The zero-order valence-electron chi connectivity index (χ0n) is 8.16. The van der Waals surface area contributed by atoms with Gasteiger partial charge in [-0.05, 0) is 37.0 Å². The van der Waals surface area contributed by atoms with Crippen LogP contribution in [0.2, 0.25) is 0 Å². The van der Waals surface area contributed by atoms with Gasteiger partial charge in [0.1, 0.15) is 0 Å². The second kappa shape index (κ2) is 2.25. The molecule has 3 aliphatic rings. The summed E-state index contributed by atoms with van der Waals surface area (Å²) in [6.45, 7) is 6.28. The van der Waals surface area contributed by atoms with Gasteiger partial charge in [0.05, 0.1) is 0 Å². The lowest BCUT2D eigenvalue weighted by molar-refractivity contribution is 0.150. The first kappa shape index (κ1) is 7.37. The van der Waals surface area contributed by atoms with Crippen LogP contribution in [0.3, 0.4) is 0 Å².